The second kappa shape index (κ2) is 6.78. The number of methoxy groups -OCH3 is 1. The lowest BCUT2D eigenvalue weighted by Crippen LogP contribution is -2.25. The van der Waals surface area contributed by atoms with Gasteiger partial charge in [0.2, 0.25) is 10.0 Å². The molecule has 0 fully saturated rings. The van der Waals surface area contributed by atoms with Gasteiger partial charge in [-0.3, -0.25) is 0 Å². The zero-order chi connectivity index (χ0) is 13.6. The number of halogens is 1. The third-order valence-corrected chi connectivity index (χ3v) is 4.11. The molecule has 0 aromatic heterocycles. The van der Waals surface area contributed by atoms with Gasteiger partial charge in [0.05, 0.1) is 7.11 Å². The second-order valence-corrected chi connectivity index (χ2v) is 6.02. The SMILES string of the molecule is CC#CCCNS(=O)(=O)c1cc(Br)ccc1OC. The summed E-state index contributed by atoms with van der Waals surface area (Å²) in [6.45, 7) is 1.99. The zero-order valence-electron chi connectivity index (χ0n) is 10.2. The molecule has 0 aliphatic carbocycles. The predicted octanol–water partition coefficient (Wildman–Crippen LogP) is 2.15. The van der Waals surface area contributed by atoms with Crippen molar-refractivity contribution >= 4 is 26.0 Å². The van der Waals surface area contributed by atoms with E-state index < -0.39 is 10.0 Å². The normalized spacial score (nSPS) is 10.6. The Hall–Kier alpha value is -1.03. The van der Waals surface area contributed by atoms with Crippen molar-refractivity contribution in [1.29, 1.82) is 0 Å². The fourth-order valence-electron chi connectivity index (χ4n) is 1.31. The van der Waals surface area contributed by atoms with Gasteiger partial charge in [-0.2, -0.15) is 0 Å². The molecule has 0 saturated heterocycles. The van der Waals surface area contributed by atoms with Gasteiger partial charge in [0.1, 0.15) is 10.6 Å². The molecule has 4 nitrogen and oxygen atoms in total. The van der Waals surface area contributed by atoms with Crippen molar-refractivity contribution < 1.29 is 13.2 Å². The Kier molecular flexibility index (Phi) is 5.66. The smallest absolute Gasteiger partial charge is 0.244 e. The van der Waals surface area contributed by atoms with Crippen molar-refractivity contribution in [3.8, 4) is 17.6 Å². The Balaban J connectivity index is 2.95. The van der Waals surface area contributed by atoms with E-state index in [1.807, 2.05) is 0 Å². The third-order valence-electron chi connectivity index (χ3n) is 2.13. The number of sulfonamides is 1. The van der Waals surface area contributed by atoms with Crippen LogP contribution in [0.25, 0.3) is 0 Å². The van der Waals surface area contributed by atoms with Crippen LogP contribution in [0.3, 0.4) is 0 Å². The fraction of sp³-hybridized carbons (Fsp3) is 0.333. The highest BCUT2D eigenvalue weighted by Crippen LogP contribution is 2.26. The lowest BCUT2D eigenvalue weighted by Gasteiger charge is -2.10. The first-order valence-corrected chi connectivity index (χ1v) is 7.51. The van der Waals surface area contributed by atoms with E-state index in [0.717, 1.165) is 0 Å². The highest BCUT2D eigenvalue weighted by atomic mass is 79.9. The van der Waals surface area contributed by atoms with Crippen LogP contribution in [0.15, 0.2) is 27.6 Å². The summed E-state index contributed by atoms with van der Waals surface area (Å²) in [5.74, 6) is 5.82. The topological polar surface area (TPSA) is 55.4 Å². The number of hydrogen-bond acceptors (Lipinski definition) is 3. The summed E-state index contributed by atoms with van der Waals surface area (Å²) >= 11 is 3.24. The van der Waals surface area contributed by atoms with Gasteiger partial charge in [0.25, 0.3) is 0 Å². The Bertz CT molecular complexity index is 573. The zero-order valence-corrected chi connectivity index (χ0v) is 12.6. The van der Waals surface area contributed by atoms with Crippen molar-refractivity contribution in [3.05, 3.63) is 22.7 Å². The van der Waals surface area contributed by atoms with Crippen LogP contribution >= 0.6 is 15.9 Å². The van der Waals surface area contributed by atoms with Gasteiger partial charge in [-0.25, -0.2) is 13.1 Å². The van der Waals surface area contributed by atoms with Crippen LogP contribution < -0.4 is 9.46 Å². The van der Waals surface area contributed by atoms with E-state index in [9.17, 15) is 8.42 Å². The monoisotopic (exact) mass is 331 g/mol. The van der Waals surface area contributed by atoms with E-state index in [0.29, 0.717) is 16.6 Å². The van der Waals surface area contributed by atoms with Gasteiger partial charge < -0.3 is 4.74 Å². The lowest BCUT2D eigenvalue weighted by atomic mass is 10.3. The molecule has 0 heterocycles. The average Bonchev–Trinajstić information content (AvgIpc) is 2.35. The maximum absolute atomic E-state index is 12.1. The summed E-state index contributed by atoms with van der Waals surface area (Å²) in [5, 5.41) is 0. The number of ether oxygens (including phenoxy) is 1. The Morgan fingerprint density at radius 3 is 2.78 bits per heavy atom. The molecular weight excluding hydrogens is 318 g/mol. The van der Waals surface area contributed by atoms with E-state index in [2.05, 4.69) is 32.5 Å². The van der Waals surface area contributed by atoms with E-state index in [1.54, 1.807) is 19.1 Å². The van der Waals surface area contributed by atoms with Crippen LogP contribution in [-0.4, -0.2) is 22.1 Å². The standard InChI is InChI=1S/C12H14BrNO3S/c1-3-4-5-8-14-18(15,16)12-9-10(13)6-7-11(12)17-2/h6-7,9,14H,5,8H2,1-2H3. The van der Waals surface area contributed by atoms with Gasteiger partial charge in [0, 0.05) is 17.4 Å². The van der Waals surface area contributed by atoms with Crippen molar-refractivity contribution in [2.45, 2.75) is 18.2 Å². The maximum atomic E-state index is 12.1. The average molecular weight is 332 g/mol. The van der Waals surface area contributed by atoms with Crippen molar-refractivity contribution in [2.24, 2.45) is 0 Å². The number of rotatable bonds is 5. The Morgan fingerprint density at radius 1 is 1.44 bits per heavy atom. The van der Waals surface area contributed by atoms with Crippen LogP contribution in [0.4, 0.5) is 0 Å². The van der Waals surface area contributed by atoms with Crippen LogP contribution in [-0.2, 0) is 10.0 Å². The minimum atomic E-state index is -3.58. The lowest BCUT2D eigenvalue weighted by molar-refractivity contribution is 0.402. The van der Waals surface area contributed by atoms with E-state index in [-0.39, 0.29) is 11.4 Å². The van der Waals surface area contributed by atoms with Crippen LogP contribution in [0.5, 0.6) is 5.75 Å². The molecule has 0 spiro atoms. The van der Waals surface area contributed by atoms with Crippen molar-refractivity contribution in [2.75, 3.05) is 13.7 Å². The van der Waals surface area contributed by atoms with Gasteiger partial charge >= 0.3 is 0 Å². The predicted molar refractivity (Wildman–Crippen MR) is 73.9 cm³/mol. The molecule has 0 aliphatic heterocycles. The van der Waals surface area contributed by atoms with Crippen LogP contribution in [0, 0.1) is 11.8 Å². The minimum Gasteiger partial charge on any atom is -0.495 e. The Morgan fingerprint density at radius 2 is 2.17 bits per heavy atom. The number of hydrogen-bond donors (Lipinski definition) is 1. The molecule has 0 aliphatic rings. The number of benzene rings is 1. The molecule has 0 bridgehead atoms. The molecule has 0 atom stereocenters. The molecule has 0 saturated carbocycles. The summed E-state index contributed by atoms with van der Waals surface area (Å²) < 4.78 is 32.3. The maximum Gasteiger partial charge on any atom is 0.244 e. The fourth-order valence-corrected chi connectivity index (χ4v) is 3.05. The molecule has 6 heteroatoms. The summed E-state index contributed by atoms with van der Waals surface area (Å²) in [7, 11) is -2.14. The summed E-state index contributed by atoms with van der Waals surface area (Å²) in [4.78, 5) is 0.115. The molecule has 98 valence electrons. The molecule has 0 unspecified atom stereocenters. The molecule has 1 aromatic rings. The molecule has 0 radical (unpaired) electrons. The van der Waals surface area contributed by atoms with Crippen LogP contribution in [0.1, 0.15) is 13.3 Å². The van der Waals surface area contributed by atoms with E-state index in [1.165, 1.54) is 13.2 Å². The van der Waals surface area contributed by atoms with Gasteiger partial charge in [-0.1, -0.05) is 15.9 Å². The quantitative estimate of drug-likeness (QED) is 0.664. The van der Waals surface area contributed by atoms with Gasteiger partial charge in [0.15, 0.2) is 0 Å². The van der Waals surface area contributed by atoms with E-state index >= 15 is 0 Å². The molecule has 1 rings (SSSR count). The molecule has 1 N–H and O–H groups in total. The summed E-state index contributed by atoms with van der Waals surface area (Å²) in [6.07, 6.45) is 0.478. The molecule has 0 amide bonds. The highest BCUT2D eigenvalue weighted by molar-refractivity contribution is 9.10. The number of nitrogens with one attached hydrogen (secondary N) is 1. The first-order chi connectivity index (χ1) is 8.51. The molecule has 1 aromatic carbocycles. The Labute approximate surface area is 116 Å². The summed E-state index contributed by atoms with van der Waals surface area (Å²) in [6, 6.07) is 4.83. The second-order valence-electron chi connectivity index (χ2n) is 3.37. The largest absolute Gasteiger partial charge is 0.495 e. The van der Waals surface area contributed by atoms with Crippen molar-refractivity contribution in [3.63, 3.8) is 0 Å². The third kappa shape index (κ3) is 4.02. The van der Waals surface area contributed by atoms with Crippen molar-refractivity contribution in [1.82, 2.24) is 4.72 Å². The van der Waals surface area contributed by atoms with Gasteiger partial charge in [-0.15, -0.1) is 11.8 Å². The van der Waals surface area contributed by atoms with E-state index in [4.69, 9.17) is 4.74 Å². The first-order valence-electron chi connectivity index (χ1n) is 5.24. The first kappa shape index (κ1) is 15.0. The molecule has 18 heavy (non-hydrogen) atoms. The minimum absolute atomic E-state index is 0.115. The van der Waals surface area contributed by atoms with Crippen LogP contribution in [0.2, 0.25) is 0 Å². The summed E-state index contributed by atoms with van der Waals surface area (Å²) in [5.41, 5.74) is 0. The molecular formula is C12H14BrNO3S. The van der Waals surface area contributed by atoms with Gasteiger partial charge in [-0.05, 0) is 25.1 Å². The highest BCUT2D eigenvalue weighted by Gasteiger charge is 2.19.